The van der Waals surface area contributed by atoms with Crippen molar-refractivity contribution in [3.63, 3.8) is 0 Å². The molecule has 4 aromatic rings. The molecule has 3 heterocycles. The van der Waals surface area contributed by atoms with E-state index in [0.717, 1.165) is 40.7 Å². The lowest BCUT2D eigenvalue weighted by Crippen LogP contribution is -2.00. The maximum atomic E-state index is 6.54. The fraction of sp³-hybridized carbons (Fsp3) is 0.125. The van der Waals surface area contributed by atoms with E-state index < -0.39 is 0 Å². The van der Waals surface area contributed by atoms with Gasteiger partial charge in [-0.05, 0) is 61.7 Å². The Morgan fingerprint density at radius 3 is 2.94 bits per heavy atom. The molecule has 154 valence electrons. The molecule has 0 unspecified atom stereocenters. The molecule has 1 aromatic carbocycles. The Labute approximate surface area is 184 Å². The molecule has 0 saturated carbocycles. The summed E-state index contributed by atoms with van der Waals surface area (Å²) in [7, 11) is 0. The SMILES string of the molecule is CC1=CC=Cc2ccnc(Oc3ccc(Nc4n[nH]c5cccnc45)cc3Cl)c2CC1. The molecule has 0 bridgehead atoms. The highest BCUT2D eigenvalue weighted by molar-refractivity contribution is 6.32. The van der Waals surface area contributed by atoms with Gasteiger partial charge < -0.3 is 10.1 Å². The van der Waals surface area contributed by atoms with Gasteiger partial charge in [0.05, 0.1) is 10.5 Å². The number of halogens is 1. The molecule has 5 rings (SSSR count). The summed E-state index contributed by atoms with van der Waals surface area (Å²) >= 11 is 6.54. The molecule has 0 amide bonds. The van der Waals surface area contributed by atoms with Gasteiger partial charge in [0, 0.05) is 23.6 Å². The molecule has 0 aliphatic heterocycles. The van der Waals surface area contributed by atoms with E-state index in [2.05, 4.69) is 50.6 Å². The molecule has 31 heavy (non-hydrogen) atoms. The fourth-order valence-corrected chi connectivity index (χ4v) is 3.77. The number of nitrogens with one attached hydrogen (secondary N) is 2. The number of pyridine rings is 2. The van der Waals surface area contributed by atoms with E-state index in [1.807, 2.05) is 30.3 Å². The van der Waals surface area contributed by atoms with Crippen LogP contribution in [0.1, 0.15) is 24.5 Å². The number of aromatic amines is 1. The molecule has 0 fully saturated rings. The molecule has 0 radical (unpaired) electrons. The maximum Gasteiger partial charge on any atom is 0.223 e. The van der Waals surface area contributed by atoms with Gasteiger partial charge in [0.2, 0.25) is 5.88 Å². The summed E-state index contributed by atoms with van der Waals surface area (Å²) in [4.78, 5) is 8.83. The van der Waals surface area contributed by atoms with E-state index in [1.165, 1.54) is 5.57 Å². The Morgan fingerprint density at radius 1 is 1.10 bits per heavy atom. The van der Waals surface area contributed by atoms with Crippen molar-refractivity contribution in [1.82, 2.24) is 20.2 Å². The smallest absolute Gasteiger partial charge is 0.223 e. The van der Waals surface area contributed by atoms with Crippen LogP contribution < -0.4 is 10.1 Å². The number of ether oxygens (including phenoxy) is 1. The first-order chi connectivity index (χ1) is 15.2. The first kappa shape index (κ1) is 19.3. The average Bonchev–Trinajstić information content (AvgIpc) is 3.16. The predicted octanol–water partition coefficient (Wildman–Crippen LogP) is 6.45. The minimum absolute atomic E-state index is 0.481. The Hall–Kier alpha value is -3.64. The summed E-state index contributed by atoms with van der Waals surface area (Å²) < 4.78 is 6.14. The number of H-pyrrole nitrogens is 1. The van der Waals surface area contributed by atoms with Gasteiger partial charge in [-0.25, -0.2) is 4.98 Å². The van der Waals surface area contributed by atoms with Crippen LogP contribution in [0, 0.1) is 0 Å². The monoisotopic (exact) mass is 429 g/mol. The normalized spacial score (nSPS) is 13.3. The lowest BCUT2D eigenvalue weighted by atomic mass is 9.99. The zero-order valence-corrected chi connectivity index (χ0v) is 17.6. The average molecular weight is 430 g/mol. The summed E-state index contributed by atoms with van der Waals surface area (Å²) in [5.74, 6) is 1.78. The van der Waals surface area contributed by atoms with Gasteiger partial charge in [-0.1, -0.05) is 35.4 Å². The minimum atomic E-state index is 0.481. The first-order valence-electron chi connectivity index (χ1n) is 10.0. The van der Waals surface area contributed by atoms with Crippen molar-refractivity contribution >= 4 is 40.2 Å². The molecule has 0 spiro atoms. The topological polar surface area (TPSA) is 75.7 Å². The molecular weight excluding hydrogens is 410 g/mol. The van der Waals surface area contributed by atoms with Crippen LogP contribution in [0.25, 0.3) is 17.1 Å². The van der Waals surface area contributed by atoms with Crippen LogP contribution in [0.15, 0.2) is 66.5 Å². The van der Waals surface area contributed by atoms with Gasteiger partial charge in [-0.15, -0.1) is 0 Å². The van der Waals surface area contributed by atoms with Crippen molar-refractivity contribution in [2.45, 2.75) is 19.8 Å². The second kappa shape index (κ2) is 8.24. The number of hydrogen-bond acceptors (Lipinski definition) is 5. The number of allylic oxidation sites excluding steroid dienone is 3. The molecule has 1 aliphatic carbocycles. The van der Waals surface area contributed by atoms with E-state index in [-0.39, 0.29) is 0 Å². The highest BCUT2D eigenvalue weighted by atomic mass is 35.5. The molecular formula is C24H20ClN5O. The second-order valence-corrected chi connectivity index (χ2v) is 7.81. The van der Waals surface area contributed by atoms with Gasteiger partial charge in [-0.2, -0.15) is 5.10 Å². The molecule has 3 aromatic heterocycles. The maximum absolute atomic E-state index is 6.54. The van der Waals surface area contributed by atoms with E-state index in [9.17, 15) is 0 Å². The number of hydrogen-bond donors (Lipinski definition) is 2. The Kier molecular flexibility index (Phi) is 5.14. The van der Waals surface area contributed by atoms with Crippen LogP contribution in [0.5, 0.6) is 11.6 Å². The van der Waals surface area contributed by atoms with Crippen LogP contribution in [0.3, 0.4) is 0 Å². The minimum Gasteiger partial charge on any atom is -0.437 e. The highest BCUT2D eigenvalue weighted by Crippen LogP contribution is 2.35. The van der Waals surface area contributed by atoms with Gasteiger partial charge in [0.25, 0.3) is 0 Å². The van der Waals surface area contributed by atoms with Crippen molar-refractivity contribution in [1.29, 1.82) is 0 Å². The van der Waals surface area contributed by atoms with Crippen molar-refractivity contribution in [3.05, 3.63) is 82.7 Å². The number of anilines is 2. The van der Waals surface area contributed by atoms with Crippen LogP contribution in [-0.4, -0.2) is 20.2 Å². The second-order valence-electron chi connectivity index (χ2n) is 7.40. The van der Waals surface area contributed by atoms with Gasteiger partial charge in [0.1, 0.15) is 11.3 Å². The van der Waals surface area contributed by atoms with E-state index in [1.54, 1.807) is 18.5 Å². The molecule has 7 heteroatoms. The molecule has 6 nitrogen and oxygen atoms in total. The van der Waals surface area contributed by atoms with Gasteiger partial charge >= 0.3 is 0 Å². The fourth-order valence-electron chi connectivity index (χ4n) is 3.55. The molecule has 1 aliphatic rings. The van der Waals surface area contributed by atoms with Crippen molar-refractivity contribution in [2.24, 2.45) is 0 Å². The van der Waals surface area contributed by atoms with Crippen molar-refractivity contribution in [2.75, 3.05) is 5.32 Å². The van der Waals surface area contributed by atoms with Crippen LogP contribution in [0.4, 0.5) is 11.5 Å². The lowest BCUT2D eigenvalue weighted by molar-refractivity contribution is 0.456. The quantitative estimate of drug-likeness (QED) is 0.390. The lowest BCUT2D eigenvalue weighted by Gasteiger charge is -2.15. The van der Waals surface area contributed by atoms with Crippen LogP contribution >= 0.6 is 11.6 Å². The third-order valence-corrected chi connectivity index (χ3v) is 5.50. The summed E-state index contributed by atoms with van der Waals surface area (Å²) in [6.45, 7) is 2.13. The van der Waals surface area contributed by atoms with E-state index in [4.69, 9.17) is 16.3 Å². The third kappa shape index (κ3) is 4.02. The number of fused-ring (bicyclic) bond motifs is 2. The number of aromatic nitrogens is 4. The summed E-state index contributed by atoms with van der Waals surface area (Å²) in [5.41, 5.74) is 5.94. The number of benzene rings is 1. The Morgan fingerprint density at radius 2 is 2.03 bits per heavy atom. The van der Waals surface area contributed by atoms with Crippen LogP contribution in [-0.2, 0) is 6.42 Å². The Balaban J connectivity index is 1.40. The molecule has 0 atom stereocenters. The Bertz CT molecular complexity index is 1320. The van der Waals surface area contributed by atoms with Crippen molar-refractivity contribution < 1.29 is 4.74 Å². The van der Waals surface area contributed by atoms with Crippen LogP contribution in [0.2, 0.25) is 5.02 Å². The molecule has 2 N–H and O–H groups in total. The van der Waals surface area contributed by atoms with Gasteiger partial charge in [0.15, 0.2) is 5.82 Å². The zero-order valence-electron chi connectivity index (χ0n) is 16.9. The number of rotatable bonds is 4. The number of nitrogens with zero attached hydrogens (tertiary/aromatic N) is 3. The first-order valence-corrected chi connectivity index (χ1v) is 10.4. The molecule has 0 saturated heterocycles. The largest absolute Gasteiger partial charge is 0.437 e. The standard InChI is InChI=1S/C24H20ClN5O/c1-15-4-2-5-16-11-13-27-24(18(16)9-7-15)31-21-10-8-17(14-19(21)25)28-23-22-20(29-30-23)6-3-12-26-22/h2-6,8,10-14H,7,9H2,1H3,(H2,28,29,30). The van der Waals surface area contributed by atoms with Crippen molar-refractivity contribution in [3.8, 4) is 11.6 Å². The van der Waals surface area contributed by atoms with Gasteiger partial charge in [-0.3, -0.25) is 10.1 Å². The highest BCUT2D eigenvalue weighted by Gasteiger charge is 2.14. The predicted molar refractivity (Wildman–Crippen MR) is 124 cm³/mol. The summed E-state index contributed by atoms with van der Waals surface area (Å²) in [5, 5.41) is 11.0. The third-order valence-electron chi connectivity index (χ3n) is 5.20. The van der Waals surface area contributed by atoms with E-state index in [0.29, 0.717) is 22.5 Å². The van der Waals surface area contributed by atoms with E-state index >= 15 is 0 Å². The summed E-state index contributed by atoms with van der Waals surface area (Å²) in [6.07, 6.45) is 11.6. The zero-order chi connectivity index (χ0) is 21.2. The summed E-state index contributed by atoms with van der Waals surface area (Å²) in [6, 6.07) is 11.3.